The van der Waals surface area contributed by atoms with Crippen molar-refractivity contribution in [1.29, 1.82) is 0 Å². The third-order valence-corrected chi connectivity index (χ3v) is 3.83. The molecule has 18 heavy (non-hydrogen) atoms. The highest BCUT2D eigenvalue weighted by Crippen LogP contribution is 2.01. The first-order valence-electron chi connectivity index (χ1n) is 6.38. The van der Waals surface area contributed by atoms with Crippen LogP contribution in [0.15, 0.2) is 0 Å². The number of hydrogen-bond acceptors (Lipinski definition) is 3. The van der Waals surface area contributed by atoms with E-state index in [1.54, 1.807) is 0 Å². The van der Waals surface area contributed by atoms with E-state index >= 15 is 0 Å². The van der Waals surface area contributed by atoms with E-state index in [0.717, 1.165) is 0 Å². The highest BCUT2D eigenvalue weighted by Gasteiger charge is 2.16. The molecular formula is C11H28N2O3Si2. The summed E-state index contributed by atoms with van der Waals surface area (Å²) in [6.45, 7) is 15.0. The molecule has 0 fully saturated rings. The minimum Gasteiger partial charge on any atom is -0.415 e. The molecule has 0 aliphatic rings. The van der Waals surface area contributed by atoms with Gasteiger partial charge in [-0.15, -0.1) is 0 Å². The summed E-state index contributed by atoms with van der Waals surface area (Å²) in [6.07, 6.45) is 0. The number of ether oxygens (including phenoxy) is 1. The summed E-state index contributed by atoms with van der Waals surface area (Å²) in [4.78, 5) is 14.4. The molecule has 2 N–H and O–H groups in total. The molecule has 0 aliphatic heterocycles. The van der Waals surface area contributed by atoms with Crippen LogP contribution in [0.4, 0.5) is 4.79 Å². The fourth-order valence-corrected chi connectivity index (χ4v) is 2.60. The van der Waals surface area contributed by atoms with Crippen LogP contribution in [0.25, 0.3) is 0 Å². The standard InChI is InChI=1S/C11H28N2O3Si2/c1-17(2,3)13-11(14)12-7-8-15-9-10-16-18(4,5)6/h7-10H2,1-6H3,(H2,12,13,14). The Morgan fingerprint density at radius 3 is 2.11 bits per heavy atom. The van der Waals surface area contributed by atoms with Crippen molar-refractivity contribution in [2.24, 2.45) is 0 Å². The molecule has 2 amide bonds. The van der Waals surface area contributed by atoms with Crippen molar-refractivity contribution in [3.8, 4) is 0 Å². The minimum atomic E-state index is -1.54. The maximum Gasteiger partial charge on any atom is 0.306 e. The van der Waals surface area contributed by atoms with Crippen LogP contribution in [0.1, 0.15) is 0 Å². The molecule has 0 rings (SSSR count). The van der Waals surface area contributed by atoms with Crippen molar-refractivity contribution in [2.45, 2.75) is 39.3 Å². The van der Waals surface area contributed by atoms with E-state index < -0.39 is 16.6 Å². The zero-order valence-electron chi connectivity index (χ0n) is 12.6. The molecule has 0 atom stereocenters. The van der Waals surface area contributed by atoms with Gasteiger partial charge in [-0.1, -0.05) is 19.6 Å². The van der Waals surface area contributed by atoms with Gasteiger partial charge in [0.05, 0.1) is 19.8 Å². The van der Waals surface area contributed by atoms with Gasteiger partial charge >= 0.3 is 6.03 Å². The van der Waals surface area contributed by atoms with Crippen LogP contribution in [0, 0.1) is 0 Å². The molecule has 5 nitrogen and oxygen atoms in total. The summed E-state index contributed by atoms with van der Waals surface area (Å²) < 4.78 is 11.0. The number of carbonyl (C=O) groups is 1. The molecule has 7 heteroatoms. The summed E-state index contributed by atoms with van der Waals surface area (Å²) in [7, 11) is -2.97. The Morgan fingerprint density at radius 2 is 1.61 bits per heavy atom. The lowest BCUT2D eigenvalue weighted by molar-refractivity contribution is 0.100. The van der Waals surface area contributed by atoms with Crippen LogP contribution in [-0.2, 0) is 9.16 Å². The van der Waals surface area contributed by atoms with Gasteiger partial charge in [-0.2, -0.15) is 0 Å². The largest absolute Gasteiger partial charge is 0.415 e. The van der Waals surface area contributed by atoms with E-state index in [1.807, 2.05) is 0 Å². The van der Waals surface area contributed by atoms with Gasteiger partial charge in [0.15, 0.2) is 8.32 Å². The second kappa shape index (κ2) is 7.93. The van der Waals surface area contributed by atoms with Gasteiger partial charge in [-0.3, -0.25) is 0 Å². The lowest BCUT2D eigenvalue weighted by atomic mass is 10.6. The Morgan fingerprint density at radius 1 is 1.00 bits per heavy atom. The van der Waals surface area contributed by atoms with Crippen LogP contribution in [-0.4, -0.2) is 48.9 Å². The molecule has 0 aromatic heterocycles. The fraction of sp³-hybridized carbons (Fsp3) is 0.909. The predicted molar refractivity (Wildman–Crippen MR) is 80.0 cm³/mol. The highest BCUT2D eigenvalue weighted by molar-refractivity contribution is 6.75. The Bertz CT molecular complexity index is 250. The van der Waals surface area contributed by atoms with Crippen LogP contribution >= 0.6 is 0 Å². The Kier molecular flexibility index (Phi) is 7.76. The zero-order valence-corrected chi connectivity index (χ0v) is 14.6. The summed E-state index contributed by atoms with van der Waals surface area (Å²) in [5.74, 6) is 0. The number of hydrogen-bond donors (Lipinski definition) is 2. The van der Waals surface area contributed by atoms with Crippen LogP contribution in [0.5, 0.6) is 0 Å². The third-order valence-electron chi connectivity index (χ3n) is 1.78. The molecule has 0 bridgehead atoms. The van der Waals surface area contributed by atoms with Crippen molar-refractivity contribution in [3.05, 3.63) is 0 Å². The van der Waals surface area contributed by atoms with Gasteiger partial charge in [0, 0.05) is 6.54 Å². The first-order valence-corrected chi connectivity index (χ1v) is 13.3. The molecule has 0 saturated heterocycles. The Hall–Kier alpha value is -0.376. The molecule has 0 aromatic rings. The van der Waals surface area contributed by atoms with E-state index in [0.29, 0.717) is 26.4 Å². The molecule has 0 radical (unpaired) electrons. The topological polar surface area (TPSA) is 59.6 Å². The summed E-state index contributed by atoms with van der Waals surface area (Å²) in [6, 6.07) is -0.101. The van der Waals surface area contributed by atoms with Crippen molar-refractivity contribution in [2.75, 3.05) is 26.4 Å². The number of urea groups is 1. The molecule has 0 unspecified atom stereocenters. The molecule has 0 saturated carbocycles. The van der Waals surface area contributed by atoms with Crippen LogP contribution < -0.4 is 10.3 Å². The van der Waals surface area contributed by atoms with Crippen molar-refractivity contribution in [3.63, 3.8) is 0 Å². The third kappa shape index (κ3) is 13.7. The second-order valence-corrected chi connectivity index (χ2v) is 15.5. The molecule has 0 spiro atoms. The monoisotopic (exact) mass is 292 g/mol. The average Bonchev–Trinajstić information content (AvgIpc) is 2.11. The Balaban J connectivity index is 3.39. The van der Waals surface area contributed by atoms with Gasteiger partial charge in [0.25, 0.3) is 0 Å². The average molecular weight is 293 g/mol. The smallest absolute Gasteiger partial charge is 0.306 e. The summed E-state index contributed by atoms with van der Waals surface area (Å²) in [5.41, 5.74) is 0. The van der Waals surface area contributed by atoms with E-state index in [1.165, 1.54) is 0 Å². The normalized spacial score (nSPS) is 12.3. The Labute approximate surface area is 113 Å². The zero-order chi connectivity index (χ0) is 14.2. The number of rotatable bonds is 8. The maximum absolute atomic E-state index is 11.4. The molecule has 0 aliphatic carbocycles. The van der Waals surface area contributed by atoms with E-state index in [2.05, 4.69) is 49.6 Å². The van der Waals surface area contributed by atoms with Crippen molar-refractivity contribution >= 4 is 22.6 Å². The van der Waals surface area contributed by atoms with Gasteiger partial charge in [-0.05, 0) is 19.6 Å². The van der Waals surface area contributed by atoms with Crippen molar-refractivity contribution in [1.82, 2.24) is 10.3 Å². The SMILES string of the molecule is C[Si](C)(C)NC(=O)NCCOCCO[Si](C)(C)C. The number of nitrogens with one attached hydrogen (secondary N) is 2. The lowest BCUT2D eigenvalue weighted by Gasteiger charge is -2.18. The van der Waals surface area contributed by atoms with Gasteiger partial charge in [-0.25, -0.2) is 4.79 Å². The maximum atomic E-state index is 11.4. The quantitative estimate of drug-likeness (QED) is 0.531. The summed E-state index contributed by atoms with van der Waals surface area (Å²) in [5, 5.41) is 2.77. The molecule has 0 heterocycles. The first-order chi connectivity index (χ1) is 8.10. The van der Waals surface area contributed by atoms with Gasteiger partial charge in [0.2, 0.25) is 0 Å². The molecular weight excluding hydrogens is 264 g/mol. The second-order valence-electron chi connectivity index (χ2n) is 6.20. The fourth-order valence-electron chi connectivity index (χ4n) is 1.13. The van der Waals surface area contributed by atoms with Crippen molar-refractivity contribution < 1.29 is 14.0 Å². The minimum absolute atomic E-state index is 0.101. The summed E-state index contributed by atoms with van der Waals surface area (Å²) >= 11 is 0. The van der Waals surface area contributed by atoms with Gasteiger partial charge in [0.1, 0.15) is 8.24 Å². The van der Waals surface area contributed by atoms with E-state index in [-0.39, 0.29) is 6.03 Å². The van der Waals surface area contributed by atoms with Crippen LogP contribution in [0.2, 0.25) is 39.3 Å². The first kappa shape index (κ1) is 17.6. The van der Waals surface area contributed by atoms with Gasteiger partial charge < -0.3 is 19.5 Å². The molecule has 0 aromatic carbocycles. The van der Waals surface area contributed by atoms with E-state index in [9.17, 15) is 4.79 Å². The van der Waals surface area contributed by atoms with E-state index in [4.69, 9.17) is 9.16 Å². The van der Waals surface area contributed by atoms with Crippen LogP contribution in [0.3, 0.4) is 0 Å². The number of carbonyl (C=O) groups excluding carboxylic acids is 1. The predicted octanol–water partition coefficient (Wildman–Crippen LogP) is 1.99. The lowest BCUT2D eigenvalue weighted by Crippen LogP contribution is -2.50. The highest BCUT2D eigenvalue weighted by atomic mass is 28.4. The molecule has 108 valence electrons. The number of amides is 2.